The van der Waals surface area contributed by atoms with E-state index in [0.29, 0.717) is 13.2 Å². The molecule has 0 aromatic heterocycles. The third kappa shape index (κ3) is 2.91. The summed E-state index contributed by atoms with van der Waals surface area (Å²) in [5.41, 5.74) is 5.29. The average molecular weight is 259 g/mol. The van der Waals surface area contributed by atoms with Gasteiger partial charge in [0.1, 0.15) is 6.04 Å². The number of morpholine rings is 1. The Labute approximate surface area is 104 Å². The molecule has 2 saturated heterocycles. The van der Waals surface area contributed by atoms with E-state index in [9.17, 15) is 9.59 Å². The van der Waals surface area contributed by atoms with E-state index in [4.69, 9.17) is 10.5 Å². The van der Waals surface area contributed by atoms with Crippen molar-refractivity contribution < 1.29 is 14.3 Å². The lowest BCUT2D eigenvalue weighted by Crippen LogP contribution is -2.60. The molecule has 0 aliphatic carbocycles. The number of nitrogens with two attached hydrogens (primary N) is 1. The first-order valence-electron chi connectivity index (χ1n) is 5.69. The number of nitrogens with zero attached hydrogens (tertiary/aromatic N) is 1. The molecule has 0 spiro atoms. The van der Waals surface area contributed by atoms with Gasteiger partial charge in [0.2, 0.25) is 11.8 Å². The van der Waals surface area contributed by atoms with Gasteiger partial charge >= 0.3 is 0 Å². The van der Waals surface area contributed by atoms with E-state index in [1.165, 1.54) is 0 Å². The Kier molecular flexibility index (Phi) is 4.25. The van der Waals surface area contributed by atoms with Crippen molar-refractivity contribution >= 4 is 23.6 Å². The van der Waals surface area contributed by atoms with E-state index in [-0.39, 0.29) is 18.6 Å². The summed E-state index contributed by atoms with van der Waals surface area (Å²) >= 11 is 1.75. The molecule has 0 saturated carbocycles. The zero-order valence-corrected chi connectivity index (χ0v) is 10.4. The van der Waals surface area contributed by atoms with Gasteiger partial charge in [-0.2, -0.15) is 11.8 Å². The van der Waals surface area contributed by atoms with Crippen LogP contribution >= 0.6 is 11.8 Å². The fraction of sp³-hybridized carbons (Fsp3) is 0.800. The number of hydrogen-bond donors (Lipinski definition) is 2. The molecule has 0 radical (unpaired) electrons. The molecular formula is C10H17N3O3S. The molecule has 7 heteroatoms. The highest BCUT2D eigenvalue weighted by Crippen LogP contribution is 2.14. The number of rotatable bonds is 2. The predicted octanol–water partition coefficient (Wildman–Crippen LogP) is -1.60. The molecule has 0 aromatic rings. The van der Waals surface area contributed by atoms with Crippen LogP contribution < -0.4 is 11.1 Å². The average Bonchev–Trinajstić information content (AvgIpc) is 2.39. The molecule has 2 atom stereocenters. The lowest BCUT2D eigenvalue weighted by Gasteiger charge is -2.36. The summed E-state index contributed by atoms with van der Waals surface area (Å²) in [7, 11) is 0. The van der Waals surface area contributed by atoms with Crippen LogP contribution in [-0.4, -0.2) is 66.6 Å². The fourth-order valence-corrected chi connectivity index (χ4v) is 2.95. The van der Waals surface area contributed by atoms with Gasteiger partial charge in [0, 0.05) is 24.6 Å². The first-order chi connectivity index (χ1) is 8.20. The first kappa shape index (κ1) is 12.7. The molecule has 3 N–H and O–H groups in total. The van der Waals surface area contributed by atoms with E-state index in [1.54, 1.807) is 16.7 Å². The summed E-state index contributed by atoms with van der Waals surface area (Å²) in [4.78, 5) is 25.1. The number of hydrogen-bond acceptors (Lipinski definition) is 5. The van der Waals surface area contributed by atoms with Crippen molar-refractivity contribution in [2.45, 2.75) is 12.1 Å². The molecule has 2 rings (SSSR count). The monoisotopic (exact) mass is 259 g/mol. The highest BCUT2D eigenvalue weighted by atomic mass is 32.2. The quantitative estimate of drug-likeness (QED) is 0.624. The van der Waals surface area contributed by atoms with Gasteiger partial charge in [-0.25, -0.2) is 0 Å². The SMILES string of the molecule is NC(=O)C1COCCN1C(=O)C1CSCCN1. The van der Waals surface area contributed by atoms with Gasteiger partial charge < -0.3 is 20.7 Å². The van der Waals surface area contributed by atoms with Gasteiger partial charge in [-0.1, -0.05) is 0 Å². The van der Waals surface area contributed by atoms with Crippen molar-refractivity contribution in [3.05, 3.63) is 0 Å². The number of nitrogens with one attached hydrogen (secondary N) is 1. The summed E-state index contributed by atoms with van der Waals surface area (Å²) in [5, 5.41) is 3.17. The molecule has 2 aliphatic heterocycles. The van der Waals surface area contributed by atoms with Crippen LogP contribution in [0.2, 0.25) is 0 Å². The highest BCUT2D eigenvalue weighted by Gasteiger charge is 2.35. The zero-order chi connectivity index (χ0) is 12.3. The Balaban J connectivity index is 2.02. The van der Waals surface area contributed by atoms with Gasteiger partial charge in [-0.3, -0.25) is 9.59 Å². The largest absolute Gasteiger partial charge is 0.377 e. The van der Waals surface area contributed by atoms with Gasteiger partial charge in [-0.05, 0) is 0 Å². The van der Waals surface area contributed by atoms with Gasteiger partial charge in [0.15, 0.2) is 0 Å². The van der Waals surface area contributed by atoms with Crippen molar-refractivity contribution in [3.63, 3.8) is 0 Å². The number of thioether (sulfide) groups is 1. The van der Waals surface area contributed by atoms with Crippen LogP contribution in [0.1, 0.15) is 0 Å². The van der Waals surface area contributed by atoms with Gasteiger partial charge in [0.05, 0.1) is 19.3 Å². The summed E-state index contributed by atoms with van der Waals surface area (Å²) in [6.45, 7) is 1.94. The number of primary amides is 1. The van der Waals surface area contributed by atoms with E-state index in [0.717, 1.165) is 18.1 Å². The van der Waals surface area contributed by atoms with Crippen molar-refractivity contribution in [1.29, 1.82) is 0 Å². The molecule has 0 aromatic carbocycles. The molecule has 2 unspecified atom stereocenters. The maximum absolute atomic E-state index is 12.3. The Morgan fingerprint density at radius 1 is 1.47 bits per heavy atom. The predicted molar refractivity (Wildman–Crippen MR) is 64.6 cm³/mol. The Bertz CT molecular complexity index is 307. The van der Waals surface area contributed by atoms with E-state index in [1.807, 2.05) is 0 Å². The minimum atomic E-state index is -0.620. The lowest BCUT2D eigenvalue weighted by atomic mass is 10.1. The maximum Gasteiger partial charge on any atom is 0.242 e. The number of ether oxygens (including phenoxy) is 1. The van der Waals surface area contributed by atoms with Crippen LogP contribution in [0.25, 0.3) is 0 Å². The van der Waals surface area contributed by atoms with Crippen LogP contribution in [0.3, 0.4) is 0 Å². The topological polar surface area (TPSA) is 84.7 Å². The van der Waals surface area contributed by atoms with Crippen LogP contribution in [0.15, 0.2) is 0 Å². The molecule has 2 amide bonds. The molecule has 2 fully saturated rings. The van der Waals surface area contributed by atoms with Crippen LogP contribution in [0.5, 0.6) is 0 Å². The van der Waals surface area contributed by atoms with E-state index in [2.05, 4.69) is 5.32 Å². The summed E-state index contributed by atoms with van der Waals surface area (Å²) in [5.74, 6) is 1.24. The summed E-state index contributed by atoms with van der Waals surface area (Å²) < 4.78 is 5.19. The first-order valence-corrected chi connectivity index (χ1v) is 6.84. The summed E-state index contributed by atoms with van der Waals surface area (Å²) in [6.07, 6.45) is 0. The van der Waals surface area contributed by atoms with Crippen LogP contribution in [0.4, 0.5) is 0 Å². The zero-order valence-electron chi connectivity index (χ0n) is 9.55. The second kappa shape index (κ2) is 5.70. The van der Waals surface area contributed by atoms with Crippen LogP contribution in [-0.2, 0) is 14.3 Å². The smallest absolute Gasteiger partial charge is 0.242 e. The van der Waals surface area contributed by atoms with Crippen molar-refractivity contribution in [2.75, 3.05) is 37.8 Å². The normalized spacial score (nSPS) is 30.0. The Morgan fingerprint density at radius 2 is 2.29 bits per heavy atom. The Hall–Kier alpha value is -0.790. The van der Waals surface area contributed by atoms with Crippen LogP contribution in [0, 0.1) is 0 Å². The van der Waals surface area contributed by atoms with Crippen molar-refractivity contribution in [2.24, 2.45) is 5.73 Å². The van der Waals surface area contributed by atoms with E-state index >= 15 is 0 Å². The number of carbonyl (C=O) groups excluding carboxylic acids is 2. The molecule has 17 heavy (non-hydrogen) atoms. The molecule has 0 bridgehead atoms. The molecule has 6 nitrogen and oxygen atoms in total. The molecular weight excluding hydrogens is 242 g/mol. The number of carbonyl (C=O) groups is 2. The minimum absolute atomic E-state index is 0.0377. The van der Waals surface area contributed by atoms with E-state index < -0.39 is 11.9 Å². The van der Waals surface area contributed by atoms with Crippen molar-refractivity contribution in [1.82, 2.24) is 10.2 Å². The highest BCUT2D eigenvalue weighted by molar-refractivity contribution is 7.99. The van der Waals surface area contributed by atoms with Gasteiger partial charge in [0.25, 0.3) is 0 Å². The Morgan fingerprint density at radius 3 is 2.94 bits per heavy atom. The fourth-order valence-electron chi connectivity index (χ4n) is 2.03. The molecule has 96 valence electrons. The third-order valence-corrected chi connectivity index (χ3v) is 4.02. The summed E-state index contributed by atoms with van der Waals surface area (Å²) in [6, 6.07) is -0.821. The van der Waals surface area contributed by atoms with Crippen molar-refractivity contribution in [3.8, 4) is 0 Å². The second-order valence-electron chi connectivity index (χ2n) is 4.11. The second-order valence-corrected chi connectivity index (χ2v) is 5.26. The number of amides is 2. The third-order valence-electron chi connectivity index (χ3n) is 2.96. The standard InChI is InChI=1S/C10H17N3O3S/c11-9(14)8-5-16-3-2-13(8)10(15)7-6-17-4-1-12-7/h7-8,12H,1-6H2,(H2,11,14). The molecule has 2 aliphatic rings. The van der Waals surface area contributed by atoms with Gasteiger partial charge in [-0.15, -0.1) is 0 Å². The maximum atomic E-state index is 12.3. The molecule has 2 heterocycles. The lowest BCUT2D eigenvalue weighted by molar-refractivity contribution is -0.148. The minimum Gasteiger partial charge on any atom is -0.377 e.